The molecule has 1 rings (SSSR count). The second kappa shape index (κ2) is 6.11. The Bertz CT molecular complexity index is 303. The van der Waals surface area contributed by atoms with Gasteiger partial charge in [0.25, 0.3) is 0 Å². The molecule has 2 atom stereocenters. The third-order valence-corrected chi connectivity index (χ3v) is 2.85. The molecule has 0 spiro atoms. The van der Waals surface area contributed by atoms with Gasteiger partial charge in [0.1, 0.15) is 0 Å². The van der Waals surface area contributed by atoms with E-state index in [1.54, 1.807) is 0 Å². The smallest absolute Gasteiger partial charge is 0.0662 e. The van der Waals surface area contributed by atoms with E-state index >= 15 is 0 Å². The van der Waals surface area contributed by atoms with Crippen LogP contribution in [0.15, 0.2) is 24.3 Å². The summed E-state index contributed by atoms with van der Waals surface area (Å²) >= 11 is 6.07. The first-order chi connectivity index (χ1) is 7.15. The van der Waals surface area contributed by atoms with Crippen LogP contribution in [-0.4, -0.2) is 17.8 Å². The van der Waals surface area contributed by atoms with Gasteiger partial charge in [-0.2, -0.15) is 0 Å². The highest BCUT2D eigenvalue weighted by Gasteiger charge is 2.09. The molecule has 0 saturated carbocycles. The van der Waals surface area contributed by atoms with Gasteiger partial charge in [0.15, 0.2) is 0 Å². The monoisotopic (exact) mass is 227 g/mol. The van der Waals surface area contributed by atoms with Crippen LogP contribution in [0.5, 0.6) is 0 Å². The summed E-state index contributed by atoms with van der Waals surface area (Å²) < 4.78 is 0. The molecule has 0 radical (unpaired) electrons. The van der Waals surface area contributed by atoms with Crippen molar-refractivity contribution in [3.8, 4) is 0 Å². The lowest BCUT2D eigenvalue weighted by Gasteiger charge is -2.17. The Balaban J connectivity index is 2.54. The van der Waals surface area contributed by atoms with E-state index in [1.165, 1.54) is 0 Å². The number of hydrogen-bond acceptors (Lipinski definition) is 2. The minimum atomic E-state index is -0.282. The second-order valence-corrected chi connectivity index (χ2v) is 4.12. The molecule has 0 aliphatic heterocycles. The predicted octanol–water partition coefficient (Wildman–Crippen LogP) is 2.76. The van der Waals surface area contributed by atoms with E-state index < -0.39 is 0 Å². The molecule has 1 aromatic rings. The molecule has 0 fully saturated rings. The molecule has 15 heavy (non-hydrogen) atoms. The molecule has 2 nitrogen and oxygen atoms in total. The highest BCUT2D eigenvalue weighted by Crippen LogP contribution is 2.21. The fraction of sp³-hybridized carbons (Fsp3) is 0.500. The lowest BCUT2D eigenvalue weighted by atomic mass is 10.1. The molecule has 0 heterocycles. The summed E-state index contributed by atoms with van der Waals surface area (Å²) in [5.41, 5.74) is 1.07. The van der Waals surface area contributed by atoms with Gasteiger partial charge in [-0.05, 0) is 25.0 Å². The Morgan fingerprint density at radius 2 is 2.07 bits per heavy atom. The summed E-state index contributed by atoms with van der Waals surface area (Å²) in [6.45, 7) is 4.61. The van der Waals surface area contributed by atoms with Gasteiger partial charge in [-0.15, -0.1) is 0 Å². The molecule has 2 N–H and O–H groups in total. The van der Waals surface area contributed by atoms with Crippen molar-refractivity contribution in [1.29, 1.82) is 0 Å². The summed E-state index contributed by atoms with van der Waals surface area (Å²) in [5, 5.41) is 13.5. The van der Waals surface area contributed by atoms with E-state index in [2.05, 4.69) is 5.32 Å². The number of aliphatic hydroxyl groups excluding tert-OH is 1. The maximum Gasteiger partial charge on any atom is 0.0662 e. The van der Waals surface area contributed by atoms with Crippen LogP contribution in [0.4, 0.5) is 0 Å². The van der Waals surface area contributed by atoms with Gasteiger partial charge in [-0.25, -0.2) is 0 Å². The lowest BCUT2D eigenvalue weighted by Crippen LogP contribution is -2.28. The summed E-state index contributed by atoms with van der Waals surface area (Å²) in [5.74, 6) is 0. The summed E-state index contributed by atoms with van der Waals surface area (Å²) in [6.07, 6.45) is 0.484. The van der Waals surface area contributed by atoms with Gasteiger partial charge in [0.2, 0.25) is 0 Å². The van der Waals surface area contributed by atoms with Gasteiger partial charge >= 0.3 is 0 Å². The fourth-order valence-corrected chi connectivity index (χ4v) is 1.69. The van der Waals surface area contributed by atoms with Crippen molar-refractivity contribution in [3.63, 3.8) is 0 Å². The zero-order chi connectivity index (χ0) is 11.3. The predicted molar refractivity (Wildman–Crippen MR) is 64.2 cm³/mol. The maximum atomic E-state index is 9.43. The molecule has 0 aromatic heterocycles. The zero-order valence-electron chi connectivity index (χ0n) is 9.20. The molecule has 1 unspecified atom stereocenters. The molecule has 84 valence electrons. The Morgan fingerprint density at radius 3 is 2.67 bits per heavy atom. The van der Waals surface area contributed by atoms with Gasteiger partial charge in [-0.1, -0.05) is 36.7 Å². The van der Waals surface area contributed by atoms with Crippen LogP contribution in [0.3, 0.4) is 0 Å². The van der Waals surface area contributed by atoms with Crippen LogP contribution in [0.25, 0.3) is 0 Å². The van der Waals surface area contributed by atoms with Crippen molar-refractivity contribution >= 4 is 11.6 Å². The molecular weight excluding hydrogens is 210 g/mol. The van der Waals surface area contributed by atoms with Crippen molar-refractivity contribution in [2.75, 3.05) is 6.54 Å². The van der Waals surface area contributed by atoms with Gasteiger partial charge < -0.3 is 10.4 Å². The van der Waals surface area contributed by atoms with Crippen LogP contribution >= 0.6 is 11.6 Å². The zero-order valence-corrected chi connectivity index (χ0v) is 9.96. The largest absolute Gasteiger partial charge is 0.392 e. The van der Waals surface area contributed by atoms with Crippen LogP contribution < -0.4 is 5.32 Å². The number of aliphatic hydroxyl groups is 1. The molecule has 0 saturated heterocycles. The number of hydrogen-bond donors (Lipinski definition) is 2. The van der Waals surface area contributed by atoms with Gasteiger partial charge in [0.05, 0.1) is 6.10 Å². The van der Waals surface area contributed by atoms with Crippen LogP contribution in [0.1, 0.15) is 31.9 Å². The number of rotatable bonds is 5. The maximum absolute atomic E-state index is 9.43. The van der Waals surface area contributed by atoms with E-state index in [1.807, 2.05) is 38.1 Å². The first-order valence-electron chi connectivity index (χ1n) is 5.31. The van der Waals surface area contributed by atoms with E-state index in [9.17, 15) is 5.11 Å². The van der Waals surface area contributed by atoms with Gasteiger partial charge in [-0.3, -0.25) is 0 Å². The Kier molecular flexibility index (Phi) is 5.09. The van der Waals surface area contributed by atoms with Crippen molar-refractivity contribution in [3.05, 3.63) is 34.9 Å². The van der Waals surface area contributed by atoms with Crippen LogP contribution in [0, 0.1) is 0 Å². The molecule has 0 aliphatic rings. The number of halogens is 1. The van der Waals surface area contributed by atoms with Crippen LogP contribution in [0.2, 0.25) is 5.02 Å². The normalized spacial score (nSPS) is 14.9. The highest BCUT2D eigenvalue weighted by molar-refractivity contribution is 6.31. The SMILES string of the molecule is CCC(O)CN[C@@H](C)c1ccccc1Cl. The summed E-state index contributed by atoms with van der Waals surface area (Å²) in [7, 11) is 0. The average molecular weight is 228 g/mol. The first-order valence-corrected chi connectivity index (χ1v) is 5.68. The Hall–Kier alpha value is -0.570. The minimum absolute atomic E-state index is 0.167. The van der Waals surface area contributed by atoms with Crippen LogP contribution in [-0.2, 0) is 0 Å². The topological polar surface area (TPSA) is 32.3 Å². The molecule has 0 aliphatic carbocycles. The van der Waals surface area contributed by atoms with Crippen molar-refractivity contribution in [2.24, 2.45) is 0 Å². The Morgan fingerprint density at radius 1 is 1.40 bits per heavy atom. The quantitative estimate of drug-likeness (QED) is 0.811. The standard InChI is InChI=1S/C12H18ClNO/c1-3-10(15)8-14-9(2)11-6-4-5-7-12(11)13/h4-7,9-10,14-15H,3,8H2,1-2H3/t9-,10?/m0/s1. The van der Waals surface area contributed by atoms with Gasteiger partial charge in [0, 0.05) is 17.6 Å². The molecular formula is C12H18ClNO. The molecule has 0 amide bonds. The highest BCUT2D eigenvalue weighted by atomic mass is 35.5. The van der Waals surface area contributed by atoms with E-state index in [4.69, 9.17) is 11.6 Å². The molecule has 1 aromatic carbocycles. The number of nitrogens with one attached hydrogen (secondary N) is 1. The summed E-state index contributed by atoms with van der Waals surface area (Å²) in [4.78, 5) is 0. The van der Waals surface area contributed by atoms with E-state index in [0.717, 1.165) is 17.0 Å². The van der Waals surface area contributed by atoms with Crippen molar-refractivity contribution in [1.82, 2.24) is 5.32 Å². The first kappa shape index (κ1) is 12.5. The molecule has 3 heteroatoms. The van der Waals surface area contributed by atoms with Crippen molar-refractivity contribution in [2.45, 2.75) is 32.4 Å². The minimum Gasteiger partial charge on any atom is -0.392 e. The number of benzene rings is 1. The summed E-state index contributed by atoms with van der Waals surface area (Å²) in [6, 6.07) is 7.93. The van der Waals surface area contributed by atoms with E-state index in [-0.39, 0.29) is 12.1 Å². The Labute approximate surface area is 96.3 Å². The molecule has 0 bridgehead atoms. The second-order valence-electron chi connectivity index (χ2n) is 3.71. The average Bonchev–Trinajstić information content (AvgIpc) is 2.26. The third-order valence-electron chi connectivity index (χ3n) is 2.50. The van der Waals surface area contributed by atoms with E-state index in [0.29, 0.717) is 6.54 Å². The third kappa shape index (κ3) is 3.82. The lowest BCUT2D eigenvalue weighted by molar-refractivity contribution is 0.164. The fourth-order valence-electron chi connectivity index (χ4n) is 1.39. The van der Waals surface area contributed by atoms with Crippen molar-refractivity contribution < 1.29 is 5.11 Å².